The van der Waals surface area contributed by atoms with Crippen molar-refractivity contribution in [1.82, 2.24) is 10.6 Å². The van der Waals surface area contributed by atoms with Crippen LogP contribution in [0.3, 0.4) is 0 Å². The highest BCUT2D eigenvalue weighted by atomic mass is 16.2. The van der Waals surface area contributed by atoms with Crippen LogP contribution in [0.2, 0.25) is 0 Å². The third-order valence-corrected chi connectivity index (χ3v) is 1.78. The van der Waals surface area contributed by atoms with Gasteiger partial charge in [-0.05, 0) is 12.8 Å². The Labute approximate surface area is 61.2 Å². The molecule has 0 unspecified atom stereocenters. The summed E-state index contributed by atoms with van der Waals surface area (Å²) in [5, 5.41) is 0. The molecule has 1 amide bonds. The molecular weight excluding hydrogens is 128 g/mol. The number of hydrogen-bond acceptors (Lipinski definition) is 1. The van der Waals surface area contributed by atoms with Crippen molar-refractivity contribution >= 4 is 5.91 Å². The van der Waals surface area contributed by atoms with Crippen LogP contribution < -0.4 is 5.73 Å². The Morgan fingerprint density at radius 3 is 2.90 bits per heavy atom. The summed E-state index contributed by atoms with van der Waals surface area (Å²) in [4.78, 5) is 12.8. The molecule has 1 aliphatic rings. The molecule has 3 heteroatoms. The molecular formula is C7H13N2O. The first-order valence-electron chi connectivity index (χ1n) is 3.77. The molecule has 0 atom stereocenters. The van der Waals surface area contributed by atoms with Gasteiger partial charge in [-0.15, -0.1) is 0 Å². The maximum atomic E-state index is 10.9. The fourth-order valence-corrected chi connectivity index (χ4v) is 1.21. The molecule has 10 heavy (non-hydrogen) atoms. The van der Waals surface area contributed by atoms with Crippen LogP contribution in [0, 0.1) is 0 Å². The van der Waals surface area contributed by atoms with Crippen LogP contribution in [0.1, 0.15) is 19.3 Å². The zero-order chi connectivity index (χ0) is 7.40. The summed E-state index contributed by atoms with van der Waals surface area (Å²) in [6.45, 7) is 2.14. The first-order chi connectivity index (χ1) is 4.84. The lowest BCUT2D eigenvalue weighted by Crippen LogP contribution is -2.26. The Hall–Kier alpha value is -0.570. The minimum atomic E-state index is 0.272. The molecule has 1 rings (SSSR count). The molecule has 1 heterocycles. The standard InChI is InChI=1S/C7H13N2O/c8-4-2-6-9-5-1-3-7(9)10/h8H,1-6H2. The predicted molar refractivity (Wildman–Crippen MR) is 38.4 cm³/mol. The maximum absolute atomic E-state index is 10.9. The summed E-state index contributed by atoms with van der Waals surface area (Å²) in [6.07, 6.45) is 2.56. The van der Waals surface area contributed by atoms with E-state index < -0.39 is 0 Å². The molecule has 0 aromatic heterocycles. The summed E-state index contributed by atoms with van der Waals surface area (Å²) >= 11 is 0. The summed E-state index contributed by atoms with van der Waals surface area (Å²) in [5.41, 5.74) is 6.89. The van der Waals surface area contributed by atoms with Gasteiger partial charge in [0.25, 0.3) is 0 Å². The van der Waals surface area contributed by atoms with Crippen LogP contribution in [-0.4, -0.2) is 30.4 Å². The Morgan fingerprint density at radius 1 is 1.60 bits per heavy atom. The van der Waals surface area contributed by atoms with E-state index in [9.17, 15) is 4.79 Å². The molecule has 0 aliphatic carbocycles. The molecule has 0 spiro atoms. The molecule has 57 valence electrons. The van der Waals surface area contributed by atoms with Crippen LogP contribution in [0.25, 0.3) is 0 Å². The second kappa shape index (κ2) is 3.56. The van der Waals surface area contributed by atoms with Crippen LogP contribution >= 0.6 is 0 Å². The summed E-state index contributed by atoms with van der Waals surface area (Å²) < 4.78 is 0. The van der Waals surface area contributed by atoms with Crippen molar-refractivity contribution in [3.63, 3.8) is 0 Å². The van der Waals surface area contributed by atoms with Crippen molar-refractivity contribution in [1.29, 1.82) is 0 Å². The van der Waals surface area contributed by atoms with E-state index in [1.54, 1.807) is 0 Å². The van der Waals surface area contributed by atoms with Gasteiger partial charge in [0.15, 0.2) is 0 Å². The molecule has 0 saturated carbocycles. The smallest absolute Gasteiger partial charge is 0.222 e. The number of carbonyl (C=O) groups excluding carboxylic acids is 1. The third-order valence-electron chi connectivity index (χ3n) is 1.78. The fourth-order valence-electron chi connectivity index (χ4n) is 1.21. The minimum Gasteiger partial charge on any atom is -0.343 e. The topological polar surface area (TPSA) is 44.1 Å². The predicted octanol–water partition coefficient (Wildman–Crippen LogP) is 0.282. The summed E-state index contributed by atoms with van der Waals surface area (Å²) in [7, 11) is 0. The van der Waals surface area contributed by atoms with Crippen LogP contribution in [0.4, 0.5) is 0 Å². The number of carbonyl (C=O) groups is 1. The zero-order valence-electron chi connectivity index (χ0n) is 6.10. The van der Waals surface area contributed by atoms with E-state index in [1.165, 1.54) is 0 Å². The van der Waals surface area contributed by atoms with E-state index in [4.69, 9.17) is 5.73 Å². The molecule has 3 nitrogen and oxygen atoms in total. The third kappa shape index (κ3) is 1.70. The SMILES string of the molecule is [NH]CCCN1CCCC1=O. The Bertz CT molecular complexity index is 125. The maximum Gasteiger partial charge on any atom is 0.222 e. The highest BCUT2D eigenvalue weighted by Crippen LogP contribution is 2.08. The van der Waals surface area contributed by atoms with E-state index in [-0.39, 0.29) is 5.91 Å². The number of rotatable bonds is 3. The van der Waals surface area contributed by atoms with Crippen molar-refractivity contribution in [2.45, 2.75) is 19.3 Å². The zero-order valence-corrected chi connectivity index (χ0v) is 6.10. The summed E-state index contributed by atoms with van der Waals surface area (Å²) in [6, 6.07) is 0. The van der Waals surface area contributed by atoms with Crippen LogP contribution in [-0.2, 0) is 4.79 Å². The normalized spacial score (nSPS) is 18.5. The van der Waals surface area contributed by atoms with Gasteiger partial charge in [0.1, 0.15) is 0 Å². The lowest BCUT2D eigenvalue weighted by Gasteiger charge is -2.13. The largest absolute Gasteiger partial charge is 0.343 e. The average Bonchev–Trinajstić information content (AvgIpc) is 2.31. The Balaban J connectivity index is 2.20. The van der Waals surface area contributed by atoms with Crippen molar-refractivity contribution in [3.8, 4) is 0 Å². The van der Waals surface area contributed by atoms with Crippen molar-refractivity contribution in [3.05, 3.63) is 0 Å². The van der Waals surface area contributed by atoms with E-state index in [2.05, 4.69) is 0 Å². The van der Waals surface area contributed by atoms with Crippen LogP contribution in [0.15, 0.2) is 0 Å². The van der Waals surface area contributed by atoms with Crippen LogP contribution in [0.5, 0.6) is 0 Å². The minimum absolute atomic E-state index is 0.272. The van der Waals surface area contributed by atoms with Gasteiger partial charge in [-0.25, -0.2) is 0 Å². The number of hydrogen-bond donors (Lipinski definition) is 0. The van der Waals surface area contributed by atoms with E-state index in [1.807, 2.05) is 4.90 Å². The van der Waals surface area contributed by atoms with Gasteiger partial charge in [0, 0.05) is 26.1 Å². The molecule has 1 saturated heterocycles. The van der Waals surface area contributed by atoms with Gasteiger partial charge < -0.3 is 4.90 Å². The van der Waals surface area contributed by atoms with Crippen molar-refractivity contribution in [2.24, 2.45) is 0 Å². The fraction of sp³-hybridized carbons (Fsp3) is 0.857. The van der Waals surface area contributed by atoms with Gasteiger partial charge >= 0.3 is 0 Å². The number of likely N-dealkylation sites (tertiary alicyclic amines) is 1. The van der Waals surface area contributed by atoms with E-state index in [0.717, 1.165) is 32.4 Å². The number of nitrogens with zero attached hydrogens (tertiary/aromatic N) is 1. The van der Waals surface area contributed by atoms with E-state index in [0.29, 0.717) is 6.54 Å². The van der Waals surface area contributed by atoms with Gasteiger partial charge in [-0.1, -0.05) is 0 Å². The first kappa shape index (κ1) is 7.54. The van der Waals surface area contributed by atoms with Gasteiger partial charge in [0.2, 0.25) is 5.91 Å². The number of nitrogens with one attached hydrogen (secondary N) is 1. The summed E-state index contributed by atoms with van der Waals surface area (Å²) in [5.74, 6) is 0.272. The highest BCUT2D eigenvalue weighted by Gasteiger charge is 2.18. The quantitative estimate of drug-likeness (QED) is 0.556. The molecule has 0 bridgehead atoms. The average molecular weight is 141 g/mol. The Morgan fingerprint density at radius 2 is 2.40 bits per heavy atom. The highest BCUT2D eigenvalue weighted by molar-refractivity contribution is 5.77. The second-order valence-corrected chi connectivity index (χ2v) is 2.59. The van der Waals surface area contributed by atoms with Crippen molar-refractivity contribution in [2.75, 3.05) is 19.6 Å². The Kier molecular flexibility index (Phi) is 2.68. The molecule has 1 N–H and O–H groups in total. The second-order valence-electron chi connectivity index (χ2n) is 2.59. The van der Waals surface area contributed by atoms with Gasteiger partial charge in [-0.2, -0.15) is 0 Å². The molecule has 1 radical (unpaired) electrons. The lowest BCUT2D eigenvalue weighted by molar-refractivity contribution is -0.127. The number of amides is 1. The first-order valence-corrected chi connectivity index (χ1v) is 3.77. The molecule has 0 aromatic carbocycles. The van der Waals surface area contributed by atoms with E-state index >= 15 is 0 Å². The lowest BCUT2D eigenvalue weighted by atomic mass is 10.4. The monoisotopic (exact) mass is 141 g/mol. The molecule has 1 aliphatic heterocycles. The molecule has 0 aromatic rings. The van der Waals surface area contributed by atoms with Gasteiger partial charge in [-0.3, -0.25) is 10.5 Å². The molecule has 1 fully saturated rings. The van der Waals surface area contributed by atoms with Crippen molar-refractivity contribution < 1.29 is 4.79 Å². The van der Waals surface area contributed by atoms with Gasteiger partial charge in [0.05, 0.1) is 0 Å².